The van der Waals surface area contributed by atoms with Crippen LogP contribution in [-0.4, -0.2) is 23.0 Å². The molecule has 0 aromatic heterocycles. The summed E-state index contributed by atoms with van der Waals surface area (Å²) in [7, 11) is 0. The van der Waals surface area contributed by atoms with Gasteiger partial charge in [-0.05, 0) is 23.4 Å². The summed E-state index contributed by atoms with van der Waals surface area (Å²) >= 11 is 1.02. The van der Waals surface area contributed by atoms with Crippen molar-refractivity contribution in [3.8, 4) is 0 Å². The van der Waals surface area contributed by atoms with Gasteiger partial charge in [0, 0.05) is 18.4 Å². The van der Waals surface area contributed by atoms with Gasteiger partial charge >= 0.3 is 0 Å². The van der Waals surface area contributed by atoms with Crippen molar-refractivity contribution >= 4 is 22.9 Å². The van der Waals surface area contributed by atoms with E-state index in [0.29, 0.717) is 18.8 Å². The molecule has 0 bridgehead atoms. The van der Waals surface area contributed by atoms with E-state index in [1.165, 1.54) is 5.56 Å². The number of hydrogen-bond acceptors (Lipinski definition) is 4. The van der Waals surface area contributed by atoms with E-state index in [1.54, 1.807) is 0 Å². The minimum absolute atomic E-state index is 0.239. The van der Waals surface area contributed by atoms with Crippen molar-refractivity contribution in [2.24, 2.45) is 0 Å². The van der Waals surface area contributed by atoms with E-state index < -0.39 is 0 Å². The summed E-state index contributed by atoms with van der Waals surface area (Å²) in [5.41, 5.74) is 8.00. The first-order valence-electron chi connectivity index (χ1n) is 7.32. The van der Waals surface area contributed by atoms with E-state index in [2.05, 4.69) is 28.9 Å². The lowest BCUT2D eigenvalue weighted by Gasteiger charge is -2.08. The number of carbonyl (C=O) groups is 2. The number of nitrogens with one attached hydrogen (secondary N) is 1. The SMILES string of the molecule is O=C1NC(=O)[C@H](CC2=C=C=C(OCCc3ccccc3)C=C2)S1. The summed E-state index contributed by atoms with van der Waals surface area (Å²) in [5.74, 6) is 0.390. The standard InChI is InChI=1S/C18H15NO3S/c20-17-16(23-18(21)19-17)12-14-6-8-15(9-7-14)22-11-10-13-4-2-1-3-5-13/h1-6,8,16H,10-12H2,(H,19,20,21)/t16-/m0/s1. The molecule has 1 aliphatic carbocycles. The molecule has 4 nitrogen and oxygen atoms in total. The van der Waals surface area contributed by atoms with Gasteiger partial charge in [-0.15, -0.1) is 0 Å². The topological polar surface area (TPSA) is 55.4 Å². The third-order valence-corrected chi connectivity index (χ3v) is 4.43. The molecule has 1 N–H and O–H groups in total. The van der Waals surface area contributed by atoms with Crippen LogP contribution in [0.2, 0.25) is 0 Å². The Kier molecular flexibility index (Phi) is 4.84. The van der Waals surface area contributed by atoms with E-state index >= 15 is 0 Å². The van der Waals surface area contributed by atoms with Crippen LogP contribution in [0.5, 0.6) is 0 Å². The maximum absolute atomic E-state index is 11.5. The Hall–Kier alpha value is -2.45. The largest absolute Gasteiger partial charge is 0.485 e. The van der Waals surface area contributed by atoms with Gasteiger partial charge in [0.1, 0.15) is 0 Å². The van der Waals surface area contributed by atoms with Crippen LogP contribution in [0.1, 0.15) is 12.0 Å². The number of hydrogen-bond donors (Lipinski definition) is 1. The number of allylic oxidation sites excluding steroid dienone is 3. The number of benzene rings is 1. The summed E-state index contributed by atoms with van der Waals surface area (Å²) in [6.07, 6.45) is 4.96. The number of carbonyl (C=O) groups excluding carboxylic acids is 2. The Morgan fingerprint density at radius 3 is 2.61 bits per heavy atom. The maximum Gasteiger partial charge on any atom is 0.286 e. The van der Waals surface area contributed by atoms with Gasteiger partial charge in [-0.2, -0.15) is 0 Å². The highest BCUT2D eigenvalue weighted by Gasteiger charge is 2.31. The smallest absolute Gasteiger partial charge is 0.286 e. The highest BCUT2D eigenvalue weighted by atomic mass is 32.2. The van der Waals surface area contributed by atoms with Crippen molar-refractivity contribution in [3.63, 3.8) is 0 Å². The monoisotopic (exact) mass is 325 g/mol. The van der Waals surface area contributed by atoms with E-state index in [0.717, 1.165) is 23.8 Å². The van der Waals surface area contributed by atoms with Crippen molar-refractivity contribution in [3.05, 3.63) is 70.8 Å². The molecule has 5 heteroatoms. The number of ether oxygens (including phenoxy) is 1. The first-order chi connectivity index (χ1) is 11.2. The zero-order valence-corrected chi connectivity index (χ0v) is 13.2. The predicted octanol–water partition coefficient (Wildman–Crippen LogP) is 3.12. The Morgan fingerprint density at radius 2 is 1.96 bits per heavy atom. The zero-order chi connectivity index (χ0) is 16.1. The van der Waals surface area contributed by atoms with Crippen LogP contribution in [-0.2, 0) is 16.0 Å². The lowest BCUT2D eigenvalue weighted by atomic mass is 10.1. The zero-order valence-electron chi connectivity index (χ0n) is 12.4. The molecule has 1 atom stereocenters. The predicted molar refractivity (Wildman–Crippen MR) is 88.8 cm³/mol. The second kappa shape index (κ2) is 7.21. The van der Waals surface area contributed by atoms with Crippen LogP contribution in [0.4, 0.5) is 4.79 Å². The first kappa shape index (κ1) is 15.4. The molecular formula is C18H15NO3S. The average molecular weight is 325 g/mol. The molecule has 2 aliphatic rings. The molecule has 0 saturated carbocycles. The van der Waals surface area contributed by atoms with Crippen LogP contribution in [0.25, 0.3) is 0 Å². The molecule has 116 valence electrons. The van der Waals surface area contributed by atoms with Crippen molar-refractivity contribution in [1.82, 2.24) is 5.32 Å². The van der Waals surface area contributed by atoms with Gasteiger partial charge < -0.3 is 4.74 Å². The summed E-state index contributed by atoms with van der Waals surface area (Å²) < 4.78 is 5.65. The number of amides is 2. The quantitative estimate of drug-likeness (QED) is 0.817. The fraction of sp³-hybridized carbons (Fsp3) is 0.222. The maximum atomic E-state index is 11.5. The van der Waals surface area contributed by atoms with Gasteiger partial charge in [0.25, 0.3) is 5.24 Å². The summed E-state index contributed by atoms with van der Waals surface area (Å²) in [6, 6.07) is 10.1. The molecule has 0 spiro atoms. The molecule has 1 aromatic carbocycles. The summed E-state index contributed by atoms with van der Waals surface area (Å²) in [4.78, 5) is 22.7. The van der Waals surface area contributed by atoms with Crippen molar-refractivity contribution in [1.29, 1.82) is 0 Å². The minimum atomic E-state index is -0.378. The Bertz CT molecular complexity index is 754. The van der Waals surface area contributed by atoms with Crippen LogP contribution < -0.4 is 5.32 Å². The van der Waals surface area contributed by atoms with E-state index in [-0.39, 0.29) is 16.4 Å². The van der Waals surface area contributed by atoms with E-state index in [9.17, 15) is 9.59 Å². The lowest BCUT2D eigenvalue weighted by Crippen LogP contribution is -2.24. The van der Waals surface area contributed by atoms with Crippen LogP contribution in [0, 0.1) is 0 Å². The van der Waals surface area contributed by atoms with Gasteiger partial charge in [-0.1, -0.05) is 47.8 Å². The fourth-order valence-electron chi connectivity index (χ4n) is 2.26. The highest BCUT2D eigenvalue weighted by Crippen LogP contribution is 2.26. The Labute approximate surface area is 138 Å². The molecule has 2 amide bonds. The molecule has 23 heavy (non-hydrogen) atoms. The molecule has 1 fully saturated rings. The molecule has 3 rings (SSSR count). The van der Waals surface area contributed by atoms with Crippen molar-refractivity contribution in [2.45, 2.75) is 18.1 Å². The van der Waals surface area contributed by atoms with Gasteiger partial charge in [0.2, 0.25) is 5.91 Å². The van der Waals surface area contributed by atoms with Gasteiger partial charge in [0.05, 0.1) is 11.9 Å². The van der Waals surface area contributed by atoms with E-state index in [1.807, 2.05) is 30.4 Å². The Balaban J connectivity index is 1.55. The van der Waals surface area contributed by atoms with Gasteiger partial charge in [0.15, 0.2) is 5.76 Å². The third-order valence-electron chi connectivity index (χ3n) is 3.45. The molecular weight excluding hydrogens is 310 g/mol. The second-order valence-corrected chi connectivity index (χ2v) is 6.32. The van der Waals surface area contributed by atoms with Gasteiger partial charge in [-0.3, -0.25) is 14.9 Å². The van der Waals surface area contributed by atoms with Crippen molar-refractivity contribution in [2.75, 3.05) is 6.61 Å². The molecule has 1 aliphatic heterocycles. The van der Waals surface area contributed by atoms with Crippen LogP contribution in [0.3, 0.4) is 0 Å². The first-order valence-corrected chi connectivity index (χ1v) is 8.20. The van der Waals surface area contributed by atoms with E-state index in [4.69, 9.17) is 4.74 Å². The highest BCUT2D eigenvalue weighted by molar-refractivity contribution is 8.15. The van der Waals surface area contributed by atoms with Crippen LogP contribution in [0.15, 0.2) is 65.3 Å². The molecule has 1 saturated heterocycles. The number of thioether (sulfide) groups is 1. The minimum Gasteiger partial charge on any atom is -0.485 e. The summed E-state index contributed by atoms with van der Waals surface area (Å²) in [5, 5.41) is 1.61. The lowest BCUT2D eigenvalue weighted by molar-refractivity contribution is -0.118. The number of imide groups is 1. The second-order valence-electron chi connectivity index (χ2n) is 5.14. The van der Waals surface area contributed by atoms with Crippen LogP contribution >= 0.6 is 11.8 Å². The number of rotatable bonds is 6. The summed E-state index contributed by atoms with van der Waals surface area (Å²) in [6.45, 7) is 0.573. The fourth-order valence-corrected chi connectivity index (χ4v) is 3.10. The molecule has 1 heterocycles. The van der Waals surface area contributed by atoms with Crippen molar-refractivity contribution < 1.29 is 14.3 Å². The Morgan fingerprint density at radius 1 is 1.13 bits per heavy atom. The average Bonchev–Trinajstić information content (AvgIpc) is 2.88. The molecule has 1 aromatic rings. The normalized spacial score (nSPS) is 19.4. The molecule has 0 unspecified atom stereocenters. The molecule has 0 radical (unpaired) electrons. The third kappa shape index (κ3) is 4.27. The van der Waals surface area contributed by atoms with Gasteiger partial charge in [-0.25, -0.2) is 0 Å².